The molecule has 0 spiro atoms. The second kappa shape index (κ2) is 11.2. The smallest absolute Gasteiger partial charge is 0.475 e. The van der Waals surface area contributed by atoms with Gasteiger partial charge in [0.15, 0.2) is 0 Å². The number of anilines is 1. The van der Waals surface area contributed by atoms with Gasteiger partial charge in [-0.2, -0.15) is 18.3 Å². The van der Waals surface area contributed by atoms with Crippen molar-refractivity contribution in [3.63, 3.8) is 0 Å². The number of carboxylic acid groups (broad SMARTS) is 1. The van der Waals surface area contributed by atoms with Crippen LogP contribution in [0.1, 0.15) is 21.7 Å². The predicted molar refractivity (Wildman–Crippen MR) is 130 cm³/mol. The Bertz CT molecular complexity index is 1280. The fourth-order valence-electron chi connectivity index (χ4n) is 3.78. The fraction of sp³-hybridized carbons (Fsp3) is 0.280. The molecule has 2 N–H and O–H groups in total. The molecule has 0 saturated carbocycles. The molecule has 0 unspecified atom stereocenters. The van der Waals surface area contributed by atoms with Crippen LogP contribution in [0.3, 0.4) is 0 Å². The first-order valence-electron chi connectivity index (χ1n) is 11.4. The van der Waals surface area contributed by atoms with Gasteiger partial charge < -0.3 is 20.1 Å². The van der Waals surface area contributed by atoms with E-state index in [2.05, 4.69) is 50.6 Å². The van der Waals surface area contributed by atoms with Crippen molar-refractivity contribution < 1.29 is 32.6 Å². The van der Waals surface area contributed by atoms with Crippen LogP contribution in [0.25, 0.3) is 23.4 Å². The molecule has 1 amide bonds. The van der Waals surface area contributed by atoms with Gasteiger partial charge in [-0.3, -0.25) is 14.5 Å². The van der Waals surface area contributed by atoms with Crippen molar-refractivity contribution in [2.45, 2.75) is 12.7 Å². The molecular weight excluding hydrogens is 491 g/mol. The van der Waals surface area contributed by atoms with Gasteiger partial charge in [0, 0.05) is 37.1 Å². The van der Waals surface area contributed by atoms with Crippen LogP contribution < -0.4 is 10.2 Å². The molecule has 1 fully saturated rings. The van der Waals surface area contributed by atoms with Crippen LogP contribution in [0, 0.1) is 0 Å². The summed E-state index contributed by atoms with van der Waals surface area (Å²) >= 11 is 0. The summed E-state index contributed by atoms with van der Waals surface area (Å²) in [5, 5.41) is 14.5. The van der Waals surface area contributed by atoms with Gasteiger partial charge >= 0.3 is 12.1 Å². The maximum atomic E-state index is 12.0. The lowest BCUT2D eigenvalue weighted by Gasteiger charge is -2.28. The number of pyridine rings is 1. The van der Waals surface area contributed by atoms with Gasteiger partial charge in [-0.15, -0.1) is 0 Å². The summed E-state index contributed by atoms with van der Waals surface area (Å²) in [6.07, 6.45) is 0.742. The summed E-state index contributed by atoms with van der Waals surface area (Å²) in [7, 11) is 0. The topological polar surface area (TPSA) is 110 Å². The molecule has 12 heteroatoms. The predicted octanol–water partition coefficient (Wildman–Crippen LogP) is 3.33. The van der Waals surface area contributed by atoms with E-state index in [1.54, 1.807) is 10.9 Å². The van der Waals surface area contributed by atoms with E-state index >= 15 is 0 Å². The van der Waals surface area contributed by atoms with Crippen molar-refractivity contribution in [2.24, 2.45) is 0 Å². The zero-order chi connectivity index (χ0) is 26.4. The number of carbonyl (C=O) groups is 2. The first-order chi connectivity index (χ1) is 17.7. The molecule has 0 aliphatic carbocycles. The Labute approximate surface area is 210 Å². The number of alkyl halides is 3. The molecule has 0 radical (unpaired) electrons. The third kappa shape index (κ3) is 6.73. The lowest BCUT2D eigenvalue weighted by Crippen LogP contribution is -2.36. The molecule has 2 aliphatic rings. The fourth-order valence-corrected chi connectivity index (χ4v) is 3.78. The minimum atomic E-state index is -5.08. The minimum absolute atomic E-state index is 0.0744. The Morgan fingerprint density at radius 3 is 2.41 bits per heavy atom. The lowest BCUT2D eigenvalue weighted by atomic mass is 10.1. The van der Waals surface area contributed by atoms with Crippen LogP contribution >= 0.6 is 0 Å². The number of fused-ring (bicyclic) bond motifs is 1. The first-order valence-corrected chi connectivity index (χ1v) is 11.4. The van der Waals surface area contributed by atoms with E-state index in [4.69, 9.17) is 14.6 Å². The second-order valence-corrected chi connectivity index (χ2v) is 8.19. The van der Waals surface area contributed by atoms with Gasteiger partial charge in [-0.1, -0.05) is 18.2 Å². The van der Waals surface area contributed by atoms with Crippen molar-refractivity contribution in [1.29, 1.82) is 0 Å². The minimum Gasteiger partial charge on any atom is -0.475 e. The maximum Gasteiger partial charge on any atom is 0.490 e. The summed E-state index contributed by atoms with van der Waals surface area (Å²) in [5.74, 6) is -2.83. The Kier molecular flexibility index (Phi) is 7.87. The quantitative estimate of drug-likeness (QED) is 0.549. The number of halogens is 3. The highest BCUT2D eigenvalue weighted by Crippen LogP contribution is 2.22. The zero-order valence-electron chi connectivity index (χ0n) is 19.6. The van der Waals surface area contributed by atoms with Crippen LogP contribution in [-0.4, -0.2) is 70.8 Å². The SMILES string of the molecule is O=C(O)C(F)(F)F.O=C1NCCn2nc(-c3ccnc(/C=C/c4ccc(N5CCOCC5)cc4)c3)cc21. The number of nitrogens with zero attached hydrogens (tertiary/aromatic N) is 4. The average Bonchev–Trinajstić information content (AvgIpc) is 3.34. The molecule has 0 bridgehead atoms. The number of rotatable bonds is 4. The number of morpholine rings is 1. The third-order valence-corrected chi connectivity index (χ3v) is 5.66. The Balaban J connectivity index is 0.000000405. The Hall–Kier alpha value is -4.19. The largest absolute Gasteiger partial charge is 0.490 e. The van der Waals surface area contributed by atoms with E-state index in [0.717, 1.165) is 48.8 Å². The monoisotopic (exact) mass is 515 g/mol. The zero-order valence-corrected chi connectivity index (χ0v) is 19.6. The number of benzene rings is 1. The summed E-state index contributed by atoms with van der Waals surface area (Å²) in [5.41, 5.74) is 5.53. The normalized spacial score (nSPS) is 15.5. The van der Waals surface area contributed by atoms with E-state index in [1.165, 1.54) is 5.69 Å². The van der Waals surface area contributed by atoms with Crippen LogP contribution in [0.15, 0.2) is 48.7 Å². The van der Waals surface area contributed by atoms with E-state index in [1.807, 2.05) is 24.3 Å². The summed E-state index contributed by atoms with van der Waals surface area (Å²) < 4.78 is 38.9. The third-order valence-electron chi connectivity index (χ3n) is 5.66. The first kappa shape index (κ1) is 25.9. The number of aromatic nitrogens is 3. The average molecular weight is 515 g/mol. The Morgan fingerprint density at radius 2 is 1.76 bits per heavy atom. The van der Waals surface area contributed by atoms with Gasteiger partial charge in [-0.25, -0.2) is 4.79 Å². The number of carboxylic acids is 1. The highest BCUT2D eigenvalue weighted by atomic mass is 19.4. The number of carbonyl (C=O) groups excluding carboxylic acids is 1. The van der Waals surface area contributed by atoms with Gasteiger partial charge in [0.1, 0.15) is 5.69 Å². The summed E-state index contributed by atoms with van der Waals surface area (Å²) in [4.78, 5) is 27.7. The molecule has 2 aromatic heterocycles. The summed E-state index contributed by atoms with van der Waals surface area (Å²) in [6, 6.07) is 14.3. The van der Waals surface area contributed by atoms with Gasteiger partial charge in [0.05, 0.1) is 31.1 Å². The lowest BCUT2D eigenvalue weighted by molar-refractivity contribution is -0.192. The number of hydrogen-bond acceptors (Lipinski definition) is 6. The van der Waals surface area contributed by atoms with Crippen molar-refractivity contribution in [2.75, 3.05) is 37.7 Å². The maximum absolute atomic E-state index is 12.0. The second-order valence-electron chi connectivity index (χ2n) is 8.19. The molecule has 194 valence electrons. The van der Waals surface area contributed by atoms with E-state index in [-0.39, 0.29) is 5.91 Å². The highest BCUT2D eigenvalue weighted by molar-refractivity contribution is 5.94. The van der Waals surface area contributed by atoms with Crippen LogP contribution in [0.2, 0.25) is 0 Å². The highest BCUT2D eigenvalue weighted by Gasteiger charge is 2.38. The molecule has 9 nitrogen and oxygen atoms in total. The summed E-state index contributed by atoms with van der Waals surface area (Å²) in [6.45, 7) is 4.75. The van der Waals surface area contributed by atoms with E-state index in [9.17, 15) is 18.0 Å². The van der Waals surface area contributed by atoms with Gasteiger partial charge in [0.25, 0.3) is 5.91 Å². The molecule has 37 heavy (non-hydrogen) atoms. The number of hydrogen-bond donors (Lipinski definition) is 2. The van der Waals surface area contributed by atoms with Crippen molar-refractivity contribution in [3.05, 3.63) is 65.6 Å². The molecule has 1 saturated heterocycles. The van der Waals surface area contributed by atoms with Crippen LogP contribution in [0.4, 0.5) is 18.9 Å². The number of ether oxygens (including phenoxy) is 1. The molecule has 3 aromatic rings. The van der Waals surface area contributed by atoms with Crippen LogP contribution in [-0.2, 0) is 16.1 Å². The number of amides is 1. The van der Waals surface area contributed by atoms with E-state index < -0.39 is 12.1 Å². The number of nitrogens with one attached hydrogen (secondary N) is 1. The standard InChI is InChI=1S/C23H23N5O2.C2HF3O2/c29-23-22-16-21(26-28(22)10-9-25-23)18-7-8-24-19(15-18)4-1-17-2-5-20(6-3-17)27-11-13-30-14-12-27;3-2(4,5)1(6)7/h1-8,15-16H,9-14H2,(H,25,29);(H,6,7)/b4-1+;. The number of aliphatic carboxylic acids is 1. The van der Waals surface area contributed by atoms with E-state index in [0.29, 0.717) is 18.8 Å². The van der Waals surface area contributed by atoms with Crippen molar-refractivity contribution >= 4 is 29.7 Å². The van der Waals surface area contributed by atoms with Crippen molar-refractivity contribution in [3.8, 4) is 11.3 Å². The molecule has 1 aromatic carbocycles. The molecule has 2 aliphatic heterocycles. The molecular formula is C25H24F3N5O4. The van der Waals surface area contributed by atoms with Gasteiger partial charge in [-0.05, 0) is 42.0 Å². The van der Waals surface area contributed by atoms with Crippen LogP contribution in [0.5, 0.6) is 0 Å². The van der Waals surface area contributed by atoms with Gasteiger partial charge in [0.2, 0.25) is 0 Å². The molecule has 5 rings (SSSR count). The molecule has 4 heterocycles. The van der Waals surface area contributed by atoms with Crippen molar-refractivity contribution in [1.82, 2.24) is 20.1 Å². The Morgan fingerprint density at radius 1 is 1.05 bits per heavy atom. The molecule has 0 atom stereocenters.